The Balaban J connectivity index is 2.20. The SMILES string of the molecule is CNCc1c(Cl)cccc1OCc1cc(Br)ccc1OC. The van der Waals surface area contributed by atoms with Gasteiger partial charge in [-0.15, -0.1) is 0 Å². The minimum Gasteiger partial charge on any atom is -0.496 e. The van der Waals surface area contributed by atoms with Crippen molar-refractivity contribution in [2.24, 2.45) is 0 Å². The monoisotopic (exact) mass is 369 g/mol. The van der Waals surface area contributed by atoms with Crippen LogP contribution in [0.2, 0.25) is 5.02 Å². The second-order valence-corrected chi connectivity index (χ2v) is 5.81. The first-order chi connectivity index (χ1) is 10.2. The Morgan fingerprint density at radius 1 is 1.19 bits per heavy atom. The van der Waals surface area contributed by atoms with Crippen LogP contribution in [0.3, 0.4) is 0 Å². The zero-order valence-electron chi connectivity index (χ0n) is 12.0. The Bertz CT molecular complexity index is 619. The van der Waals surface area contributed by atoms with Crippen molar-refractivity contribution in [1.82, 2.24) is 5.32 Å². The van der Waals surface area contributed by atoms with Crippen molar-refractivity contribution in [2.45, 2.75) is 13.2 Å². The number of ether oxygens (including phenoxy) is 2. The molecule has 0 aliphatic rings. The van der Waals surface area contributed by atoms with Crippen molar-refractivity contribution in [3.8, 4) is 11.5 Å². The zero-order valence-corrected chi connectivity index (χ0v) is 14.3. The Labute approximate surface area is 138 Å². The highest BCUT2D eigenvalue weighted by molar-refractivity contribution is 9.10. The lowest BCUT2D eigenvalue weighted by molar-refractivity contribution is 0.293. The predicted molar refractivity (Wildman–Crippen MR) is 89.2 cm³/mol. The van der Waals surface area contributed by atoms with Crippen molar-refractivity contribution in [3.05, 3.63) is 57.0 Å². The summed E-state index contributed by atoms with van der Waals surface area (Å²) in [5.74, 6) is 1.58. The molecule has 21 heavy (non-hydrogen) atoms. The van der Waals surface area contributed by atoms with Crippen LogP contribution in [0.5, 0.6) is 11.5 Å². The van der Waals surface area contributed by atoms with E-state index in [1.54, 1.807) is 7.11 Å². The molecule has 5 heteroatoms. The van der Waals surface area contributed by atoms with E-state index in [0.29, 0.717) is 18.2 Å². The van der Waals surface area contributed by atoms with Crippen LogP contribution < -0.4 is 14.8 Å². The molecule has 0 amide bonds. The number of nitrogens with one attached hydrogen (secondary N) is 1. The number of rotatable bonds is 6. The van der Waals surface area contributed by atoms with E-state index in [1.165, 1.54) is 0 Å². The van der Waals surface area contributed by atoms with Gasteiger partial charge in [-0.1, -0.05) is 33.6 Å². The summed E-state index contributed by atoms with van der Waals surface area (Å²) in [7, 11) is 3.53. The Kier molecular flexibility index (Phi) is 5.91. The molecule has 0 aromatic heterocycles. The molecule has 0 saturated carbocycles. The predicted octanol–water partition coefficient (Wildman–Crippen LogP) is 4.41. The molecule has 0 heterocycles. The fourth-order valence-corrected chi connectivity index (χ4v) is 2.68. The molecule has 1 N–H and O–H groups in total. The van der Waals surface area contributed by atoms with Gasteiger partial charge in [-0.3, -0.25) is 0 Å². The summed E-state index contributed by atoms with van der Waals surface area (Å²) in [6, 6.07) is 11.5. The maximum absolute atomic E-state index is 6.22. The van der Waals surface area contributed by atoms with Gasteiger partial charge in [-0.05, 0) is 37.4 Å². The van der Waals surface area contributed by atoms with E-state index in [2.05, 4.69) is 21.2 Å². The fourth-order valence-electron chi connectivity index (χ4n) is 2.04. The topological polar surface area (TPSA) is 30.5 Å². The molecule has 0 aliphatic carbocycles. The molecular formula is C16H17BrClNO2. The molecule has 2 aromatic rings. The zero-order chi connectivity index (χ0) is 15.2. The van der Waals surface area contributed by atoms with Crippen molar-refractivity contribution < 1.29 is 9.47 Å². The minimum absolute atomic E-state index is 0.416. The summed E-state index contributed by atoms with van der Waals surface area (Å²) < 4.78 is 12.3. The lowest BCUT2D eigenvalue weighted by atomic mass is 10.2. The van der Waals surface area contributed by atoms with Crippen LogP contribution in [-0.2, 0) is 13.2 Å². The Morgan fingerprint density at radius 3 is 2.71 bits per heavy atom. The van der Waals surface area contributed by atoms with E-state index >= 15 is 0 Å². The van der Waals surface area contributed by atoms with Crippen molar-refractivity contribution in [1.29, 1.82) is 0 Å². The molecule has 0 atom stereocenters. The number of hydrogen-bond acceptors (Lipinski definition) is 3. The van der Waals surface area contributed by atoms with Crippen LogP contribution in [0.25, 0.3) is 0 Å². The van der Waals surface area contributed by atoms with Crippen LogP contribution in [0.1, 0.15) is 11.1 Å². The molecule has 0 unspecified atom stereocenters. The van der Waals surface area contributed by atoms with Gasteiger partial charge < -0.3 is 14.8 Å². The second-order valence-electron chi connectivity index (χ2n) is 4.49. The molecule has 0 fully saturated rings. The highest BCUT2D eigenvalue weighted by atomic mass is 79.9. The minimum atomic E-state index is 0.416. The van der Waals surface area contributed by atoms with Gasteiger partial charge in [0.25, 0.3) is 0 Å². The van der Waals surface area contributed by atoms with Crippen LogP contribution in [0.4, 0.5) is 0 Å². The first kappa shape index (κ1) is 16.1. The number of benzene rings is 2. The summed E-state index contributed by atoms with van der Waals surface area (Å²) >= 11 is 9.68. The summed E-state index contributed by atoms with van der Waals surface area (Å²) in [4.78, 5) is 0. The van der Waals surface area contributed by atoms with Crippen LogP contribution in [-0.4, -0.2) is 14.2 Å². The first-order valence-electron chi connectivity index (χ1n) is 6.53. The van der Waals surface area contributed by atoms with Crippen molar-refractivity contribution in [3.63, 3.8) is 0 Å². The van der Waals surface area contributed by atoms with E-state index < -0.39 is 0 Å². The third-order valence-electron chi connectivity index (χ3n) is 3.06. The fraction of sp³-hybridized carbons (Fsp3) is 0.250. The van der Waals surface area contributed by atoms with Gasteiger partial charge >= 0.3 is 0 Å². The summed E-state index contributed by atoms with van der Waals surface area (Å²) in [5, 5.41) is 3.80. The van der Waals surface area contributed by atoms with Crippen molar-refractivity contribution >= 4 is 27.5 Å². The third kappa shape index (κ3) is 4.13. The average Bonchev–Trinajstić information content (AvgIpc) is 2.48. The maximum Gasteiger partial charge on any atom is 0.125 e. The highest BCUT2D eigenvalue weighted by Crippen LogP contribution is 2.29. The van der Waals surface area contributed by atoms with Gasteiger partial charge in [0.15, 0.2) is 0 Å². The summed E-state index contributed by atoms with van der Waals surface area (Å²) in [6.45, 7) is 1.07. The van der Waals surface area contributed by atoms with Gasteiger partial charge in [-0.25, -0.2) is 0 Å². The van der Waals surface area contributed by atoms with Crippen LogP contribution >= 0.6 is 27.5 Å². The lowest BCUT2D eigenvalue weighted by Crippen LogP contribution is -2.08. The van der Waals surface area contributed by atoms with Gasteiger partial charge in [0.2, 0.25) is 0 Å². The molecular weight excluding hydrogens is 354 g/mol. The number of methoxy groups -OCH3 is 1. The smallest absolute Gasteiger partial charge is 0.125 e. The first-order valence-corrected chi connectivity index (χ1v) is 7.70. The normalized spacial score (nSPS) is 10.5. The molecule has 0 bridgehead atoms. The maximum atomic E-state index is 6.22. The molecule has 2 aromatic carbocycles. The van der Waals surface area contributed by atoms with Gasteiger partial charge in [0, 0.05) is 27.2 Å². The van der Waals surface area contributed by atoms with E-state index in [9.17, 15) is 0 Å². The average molecular weight is 371 g/mol. The largest absolute Gasteiger partial charge is 0.496 e. The molecule has 3 nitrogen and oxygen atoms in total. The standard InChI is InChI=1S/C16H17BrClNO2/c1-19-9-13-14(18)4-3-5-16(13)21-10-11-8-12(17)6-7-15(11)20-2/h3-8,19H,9-10H2,1-2H3. The molecule has 0 radical (unpaired) electrons. The van der Waals surface area contributed by atoms with E-state index in [0.717, 1.165) is 27.1 Å². The van der Waals surface area contributed by atoms with Crippen LogP contribution in [0, 0.1) is 0 Å². The second kappa shape index (κ2) is 7.69. The van der Waals surface area contributed by atoms with Gasteiger partial charge in [-0.2, -0.15) is 0 Å². The molecule has 2 rings (SSSR count). The Morgan fingerprint density at radius 2 is 2.00 bits per heavy atom. The van der Waals surface area contributed by atoms with E-state index in [1.807, 2.05) is 43.4 Å². The molecule has 112 valence electrons. The highest BCUT2D eigenvalue weighted by Gasteiger charge is 2.10. The van der Waals surface area contributed by atoms with Crippen LogP contribution in [0.15, 0.2) is 40.9 Å². The summed E-state index contributed by atoms with van der Waals surface area (Å²) in [5.41, 5.74) is 1.93. The Hall–Kier alpha value is -1.23. The molecule has 0 spiro atoms. The van der Waals surface area contributed by atoms with E-state index in [4.69, 9.17) is 21.1 Å². The quantitative estimate of drug-likeness (QED) is 0.817. The van der Waals surface area contributed by atoms with E-state index in [-0.39, 0.29) is 0 Å². The number of hydrogen-bond donors (Lipinski definition) is 1. The lowest BCUT2D eigenvalue weighted by Gasteiger charge is -2.14. The van der Waals surface area contributed by atoms with Gasteiger partial charge in [0.1, 0.15) is 18.1 Å². The molecule has 0 aliphatic heterocycles. The third-order valence-corrected chi connectivity index (χ3v) is 3.90. The summed E-state index contributed by atoms with van der Waals surface area (Å²) in [6.07, 6.45) is 0. The number of halogens is 2. The van der Waals surface area contributed by atoms with Gasteiger partial charge in [0.05, 0.1) is 7.11 Å². The van der Waals surface area contributed by atoms with Crippen molar-refractivity contribution in [2.75, 3.05) is 14.2 Å². The molecule has 0 saturated heterocycles.